The number of methoxy groups -OCH3 is 2. The van der Waals surface area contributed by atoms with Crippen LogP contribution >= 0.6 is 35.6 Å². The minimum Gasteiger partial charge on any atom is -0.493 e. The molecule has 0 bridgehead atoms. The maximum Gasteiger partial charge on any atom is 0.191 e. The van der Waals surface area contributed by atoms with E-state index in [9.17, 15) is 0 Å². The van der Waals surface area contributed by atoms with Gasteiger partial charge in [-0.2, -0.15) is 0 Å². The molecule has 27 heavy (non-hydrogen) atoms. The zero-order chi connectivity index (χ0) is 18.5. The topological polar surface area (TPSA) is 54.9 Å². The smallest absolute Gasteiger partial charge is 0.191 e. The summed E-state index contributed by atoms with van der Waals surface area (Å²) >= 11 is 6.09. The van der Waals surface area contributed by atoms with Gasteiger partial charge in [0.15, 0.2) is 17.5 Å². The molecule has 146 valence electrons. The van der Waals surface area contributed by atoms with Crippen molar-refractivity contribution in [3.8, 4) is 11.5 Å². The van der Waals surface area contributed by atoms with E-state index < -0.39 is 0 Å². The first-order valence-corrected chi connectivity index (χ1v) is 8.96. The summed E-state index contributed by atoms with van der Waals surface area (Å²) in [4.78, 5) is 4.32. The molecule has 2 atom stereocenters. The van der Waals surface area contributed by atoms with Gasteiger partial charge in [-0.25, -0.2) is 0 Å². The van der Waals surface area contributed by atoms with Gasteiger partial charge in [0.05, 0.1) is 14.2 Å². The van der Waals surface area contributed by atoms with Gasteiger partial charge < -0.3 is 20.1 Å². The van der Waals surface area contributed by atoms with Crippen LogP contribution in [0.4, 0.5) is 0 Å². The lowest BCUT2D eigenvalue weighted by molar-refractivity contribution is 0.354. The lowest BCUT2D eigenvalue weighted by Gasteiger charge is -2.13. The lowest BCUT2D eigenvalue weighted by Crippen LogP contribution is -2.38. The van der Waals surface area contributed by atoms with Crippen molar-refractivity contribution in [3.05, 3.63) is 58.6 Å². The fourth-order valence-electron chi connectivity index (χ4n) is 3.01. The predicted octanol–water partition coefficient (Wildman–Crippen LogP) is 4.20. The second-order valence-corrected chi connectivity index (χ2v) is 6.70. The molecule has 0 amide bonds. The van der Waals surface area contributed by atoms with E-state index in [0.29, 0.717) is 18.5 Å². The number of rotatable bonds is 6. The first-order valence-electron chi connectivity index (χ1n) is 8.58. The van der Waals surface area contributed by atoms with Crippen molar-refractivity contribution in [1.82, 2.24) is 10.6 Å². The molecule has 2 unspecified atom stereocenters. The summed E-state index contributed by atoms with van der Waals surface area (Å²) in [5.41, 5.74) is 2.36. The number of hydrogen-bond donors (Lipinski definition) is 2. The van der Waals surface area contributed by atoms with E-state index in [2.05, 4.69) is 21.7 Å². The maximum atomic E-state index is 6.09. The molecule has 0 aliphatic heterocycles. The van der Waals surface area contributed by atoms with Crippen LogP contribution in [0.25, 0.3) is 0 Å². The Labute approximate surface area is 182 Å². The van der Waals surface area contributed by atoms with Crippen LogP contribution in [0.15, 0.2) is 47.5 Å². The average molecular weight is 502 g/mol. The van der Waals surface area contributed by atoms with E-state index in [-0.39, 0.29) is 24.0 Å². The summed E-state index contributed by atoms with van der Waals surface area (Å²) in [6.45, 7) is 0.647. The number of guanidine groups is 1. The van der Waals surface area contributed by atoms with Gasteiger partial charge in [-0.3, -0.25) is 4.99 Å². The highest BCUT2D eigenvalue weighted by Crippen LogP contribution is 2.41. The molecule has 3 rings (SSSR count). The second-order valence-electron chi connectivity index (χ2n) is 6.26. The van der Waals surface area contributed by atoms with Crippen LogP contribution in [0.1, 0.15) is 23.5 Å². The van der Waals surface area contributed by atoms with Crippen molar-refractivity contribution >= 4 is 41.5 Å². The normalized spacial score (nSPS) is 18.3. The van der Waals surface area contributed by atoms with Gasteiger partial charge in [0, 0.05) is 30.6 Å². The van der Waals surface area contributed by atoms with Crippen LogP contribution in [0.3, 0.4) is 0 Å². The van der Waals surface area contributed by atoms with Gasteiger partial charge in [0.2, 0.25) is 0 Å². The predicted molar refractivity (Wildman–Crippen MR) is 121 cm³/mol. The van der Waals surface area contributed by atoms with Gasteiger partial charge in [0.1, 0.15) is 0 Å². The molecule has 0 saturated heterocycles. The molecule has 0 spiro atoms. The third kappa shape index (κ3) is 5.65. The second kappa shape index (κ2) is 10.0. The fraction of sp³-hybridized carbons (Fsp3) is 0.350. The number of benzene rings is 2. The van der Waals surface area contributed by atoms with E-state index >= 15 is 0 Å². The van der Waals surface area contributed by atoms with Crippen molar-refractivity contribution in [2.45, 2.75) is 24.9 Å². The van der Waals surface area contributed by atoms with Gasteiger partial charge in [-0.05, 0) is 41.8 Å². The highest BCUT2D eigenvalue weighted by molar-refractivity contribution is 14.0. The average Bonchev–Trinajstić information content (AvgIpc) is 3.44. The quantitative estimate of drug-likeness (QED) is 0.354. The van der Waals surface area contributed by atoms with Crippen LogP contribution in [-0.4, -0.2) is 33.3 Å². The SMILES string of the molecule is CN=C(NCc1ccc(OC)c(OC)c1)NC1CC1c1cccc(Cl)c1.I. The van der Waals surface area contributed by atoms with Crippen LogP contribution in [-0.2, 0) is 6.54 Å². The molecule has 1 aliphatic rings. The summed E-state index contributed by atoms with van der Waals surface area (Å²) in [6, 6.07) is 14.3. The van der Waals surface area contributed by atoms with E-state index in [1.807, 2.05) is 36.4 Å². The summed E-state index contributed by atoms with van der Waals surface area (Å²) in [5, 5.41) is 7.60. The Morgan fingerprint density at radius 1 is 1.15 bits per heavy atom. The number of halogens is 2. The van der Waals surface area contributed by atoms with Gasteiger partial charge in [-0.1, -0.05) is 29.8 Å². The molecular formula is C20H25ClIN3O2. The number of nitrogens with one attached hydrogen (secondary N) is 2. The molecule has 1 saturated carbocycles. The number of hydrogen-bond acceptors (Lipinski definition) is 3. The molecule has 0 heterocycles. The zero-order valence-electron chi connectivity index (χ0n) is 15.7. The summed E-state index contributed by atoms with van der Waals surface area (Å²) in [7, 11) is 5.05. The van der Waals surface area contributed by atoms with Crippen LogP contribution in [0.5, 0.6) is 11.5 Å². The van der Waals surface area contributed by atoms with Crippen molar-refractivity contribution in [2.75, 3.05) is 21.3 Å². The first-order chi connectivity index (χ1) is 12.6. The van der Waals surface area contributed by atoms with Crippen molar-refractivity contribution in [1.29, 1.82) is 0 Å². The Balaban J connectivity index is 0.00000261. The Morgan fingerprint density at radius 3 is 2.59 bits per heavy atom. The van der Waals surface area contributed by atoms with Crippen LogP contribution in [0, 0.1) is 0 Å². The van der Waals surface area contributed by atoms with E-state index in [1.165, 1.54) is 5.56 Å². The number of aliphatic imine (C=N–C) groups is 1. The van der Waals surface area contributed by atoms with Gasteiger partial charge >= 0.3 is 0 Å². The third-order valence-electron chi connectivity index (χ3n) is 4.52. The van der Waals surface area contributed by atoms with Crippen molar-refractivity contribution in [3.63, 3.8) is 0 Å². The molecule has 0 radical (unpaired) electrons. The highest BCUT2D eigenvalue weighted by Gasteiger charge is 2.39. The van der Waals surface area contributed by atoms with Crippen molar-refractivity contribution in [2.24, 2.45) is 4.99 Å². The molecule has 1 aliphatic carbocycles. The maximum absolute atomic E-state index is 6.09. The largest absolute Gasteiger partial charge is 0.493 e. The first kappa shape index (κ1) is 21.6. The summed E-state index contributed by atoms with van der Waals surface area (Å²) in [5.74, 6) is 2.71. The monoisotopic (exact) mass is 501 g/mol. The molecule has 0 aromatic heterocycles. The molecule has 2 N–H and O–H groups in total. The summed E-state index contributed by atoms with van der Waals surface area (Å²) in [6.07, 6.45) is 1.08. The molecule has 5 nitrogen and oxygen atoms in total. The van der Waals surface area contributed by atoms with Crippen molar-refractivity contribution < 1.29 is 9.47 Å². The number of ether oxygens (including phenoxy) is 2. The van der Waals surface area contributed by atoms with Gasteiger partial charge in [-0.15, -0.1) is 24.0 Å². The third-order valence-corrected chi connectivity index (χ3v) is 4.76. The minimum absolute atomic E-state index is 0. The van der Waals surface area contributed by atoms with E-state index in [4.69, 9.17) is 21.1 Å². The zero-order valence-corrected chi connectivity index (χ0v) is 18.7. The van der Waals surface area contributed by atoms with Crippen LogP contribution in [0.2, 0.25) is 5.02 Å². The Bertz CT molecular complexity index is 801. The highest BCUT2D eigenvalue weighted by atomic mass is 127. The summed E-state index contributed by atoms with van der Waals surface area (Å²) < 4.78 is 10.6. The van der Waals surface area contributed by atoms with E-state index in [1.54, 1.807) is 21.3 Å². The Hall–Kier alpha value is -1.67. The molecule has 7 heteroatoms. The Morgan fingerprint density at radius 2 is 1.93 bits per heavy atom. The molecule has 2 aromatic carbocycles. The lowest BCUT2D eigenvalue weighted by atomic mass is 10.1. The fourth-order valence-corrected chi connectivity index (χ4v) is 3.21. The van der Waals surface area contributed by atoms with E-state index in [0.717, 1.165) is 34.5 Å². The molecule has 1 fully saturated rings. The minimum atomic E-state index is 0. The van der Waals surface area contributed by atoms with Crippen LogP contribution < -0.4 is 20.1 Å². The standard InChI is InChI=1S/C20H24ClN3O2.HI/c1-22-20(23-12-13-7-8-18(25-2)19(9-13)26-3)24-17-11-16(17)14-5-4-6-15(21)10-14;/h4-10,16-17H,11-12H2,1-3H3,(H2,22,23,24);1H. The molecule has 2 aromatic rings. The Kier molecular flexibility index (Phi) is 8.04. The van der Waals surface area contributed by atoms with Gasteiger partial charge in [0.25, 0.3) is 0 Å². The molecular weight excluding hydrogens is 477 g/mol. The number of nitrogens with zero attached hydrogens (tertiary/aromatic N) is 1.